The Balaban J connectivity index is 3.20. The van der Waals surface area contributed by atoms with Crippen LogP contribution in [0.25, 0.3) is 0 Å². The Morgan fingerprint density at radius 1 is 0.923 bits per heavy atom. The lowest BCUT2D eigenvalue weighted by Gasteiger charge is -2.09. The van der Waals surface area contributed by atoms with Gasteiger partial charge < -0.3 is 14.2 Å². The number of methoxy groups -OCH3 is 3. The highest BCUT2D eigenvalue weighted by Crippen LogP contribution is 2.37. The third kappa shape index (κ3) is 1.98. The Hall–Kier alpha value is -1.09. The molecule has 1 rings (SSSR count). The first-order valence-corrected chi connectivity index (χ1v) is 4.06. The summed E-state index contributed by atoms with van der Waals surface area (Å²) in [5.74, 6) is 1.73. The van der Waals surface area contributed by atoms with Crippen LogP contribution in [-0.2, 0) is 0 Å². The van der Waals surface area contributed by atoms with Gasteiger partial charge in [-0.25, -0.2) is 0 Å². The van der Waals surface area contributed by atoms with Gasteiger partial charge in [0.2, 0.25) is 0 Å². The van der Waals surface area contributed by atoms with Gasteiger partial charge in [-0.2, -0.15) is 0 Å². The van der Waals surface area contributed by atoms with Gasteiger partial charge in [-0.1, -0.05) is 11.6 Å². The van der Waals surface area contributed by atoms with Crippen LogP contribution in [0.15, 0.2) is 12.1 Å². The maximum atomic E-state index is 5.93. The van der Waals surface area contributed by atoms with Crippen molar-refractivity contribution in [2.45, 2.75) is 0 Å². The molecule has 3 nitrogen and oxygen atoms in total. The van der Waals surface area contributed by atoms with Crippen molar-refractivity contribution in [3.63, 3.8) is 0 Å². The predicted molar refractivity (Wildman–Crippen MR) is 51.1 cm³/mol. The van der Waals surface area contributed by atoms with E-state index in [1.165, 1.54) is 0 Å². The van der Waals surface area contributed by atoms with E-state index in [0.717, 1.165) is 0 Å². The summed E-state index contributed by atoms with van der Waals surface area (Å²) in [4.78, 5) is 0. The Morgan fingerprint density at radius 3 is 1.69 bits per heavy atom. The summed E-state index contributed by atoms with van der Waals surface area (Å²) in [5, 5.41) is 0.450. The van der Waals surface area contributed by atoms with E-state index < -0.39 is 0 Å². The van der Waals surface area contributed by atoms with Gasteiger partial charge in [0.15, 0.2) is 0 Å². The average Bonchev–Trinajstić information content (AvgIpc) is 2.18. The minimum atomic E-state index is 0.450. The van der Waals surface area contributed by atoms with Crippen molar-refractivity contribution in [3.8, 4) is 17.2 Å². The molecular formula is C9H11ClO3. The first-order chi connectivity index (χ1) is 6.22. The number of rotatable bonds is 3. The van der Waals surface area contributed by atoms with Crippen molar-refractivity contribution in [1.29, 1.82) is 0 Å². The fraction of sp³-hybridized carbons (Fsp3) is 0.333. The number of ether oxygens (including phenoxy) is 3. The standard InChI is InChI=1S/C9H11ClO3/c1-11-6-4-7(12-2)9(10)8(5-6)13-3/h4-5H,1-3H3. The van der Waals surface area contributed by atoms with Crippen molar-refractivity contribution >= 4 is 11.6 Å². The second-order valence-corrected chi connectivity index (χ2v) is 2.72. The van der Waals surface area contributed by atoms with Crippen LogP contribution in [0.5, 0.6) is 17.2 Å². The molecule has 0 aliphatic rings. The summed E-state index contributed by atoms with van der Waals surface area (Å²) in [5.41, 5.74) is 0. The van der Waals surface area contributed by atoms with E-state index in [9.17, 15) is 0 Å². The molecule has 0 atom stereocenters. The monoisotopic (exact) mass is 202 g/mol. The normalized spacial score (nSPS) is 9.54. The van der Waals surface area contributed by atoms with Crippen LogP contribution >= 0.6 is 11.6 Å². The molecule has 0 unspecified atom stereocenters. The van der Waals surface area contributed by atoms with Gasteiger partial charge in [-0.3, -0.25) is 0 Å². The first-order valence-electron chi connectivity index (χ1n) is 3.68. The van der Waals surface area contributed by atoms with E-state index >= 15 is 0 Å². The largest absolute Gasteiger partial charge is 0.496 e. The minimum absolute atomic E-state index is 0.450. The van der Waals surface area contributed by atoms with Crippen molar-refractivity contribution in [3.05, 3.63) is 17.2 Å². The molecule has 0 radical (unpaired) electrons. The second kappa shape index (κ2) is 4.23. The SMILES string of the molecule is COc1cc(OC)c(Cl)c(OC)c1. The number of benzene rings is 1. The van der Waals surface area contributed by atoms with Gasteiger partial charge in [-0.05, 0) is 0 Å². The minimum Gasteiger partial charge on any atom is -0.496 e. The molecule has 0 saturated carbocycles. The summed E-state index contributed by atoms with van der Waals surface area (Å²) >= 11 is 5.93. The van der Waals surface area contributed by atoms with Gasteiger partial charge >= 0.3 is 0 Å². The van der Waals surface area contributed by atoms with Gasteiger partial charge in [0.25, 0.3) is 0 Å². The second-order valence-electron chi connectivity index (χ2n) is 2.35. The fourth-order valence-corrected chi connectivity index (χ4v) is 1.23. The van der Waals surface area contributed by atoms with Crippen LogP contribution in [-0.4, -0.2) is 21.3 Å². The molecule has 0 saturated heterocycles. The third-order valence-corrected chi connectivity index (χ3v) is 2.03. The van der Waals surface area contributed by atoms with Crippen molar-refractivity contribution < 1.29 is 14.2 Å². The Morgan fingerprint density at radius 2 is 1.38 bits per heavy atom. The fourth-order valence-electron chi connectivity index (χ4n) is 0.963. The maximum Gasteiger partial charge on any atom is 0.144 e. The van der Waals surface area contributed by atoms with Gasteiger partial charge in [-0.15, -0.1) is 0 Å². The Bertz CT molecular complexity index is 274. The highest BCUT2D eigenvalue weighted by atomic mass is 35.5. The van der Waals surface area contributed by atoms with Crippen molar-refractivity contribution in [2.75, 3.05) is 21.3 Å². The molecular weight excluding hydrogens is 192 g/mol. The lowest BCUT2D eigenvalue weighted by atomic mass is 10.3. The number of hydrogen-bond acceptors (Lipinski definition) is 3. The van der Waals surface area contributed by atoms with E-state index in [2.05, 4.69) is 0 Å². The van der Waals surface area contributed by atoms with E-state index in [1.807, 2.05) is 0 Å². The molecule has 0 fully saturated rings. The van der Waals surface area contributed by atoms with Crippen LogP contribution in [0, 0.1) is 0 Å². The molecule has 72 valence electrons. The van der Waals surface area contributed by atoms with Gasteiger partial charge in [0.05, 0.1) is 21.3 Å². The summed E-state index contributed by atoms with van der Waals surface area (Å²) < 4.78 is 15.1. The lowest BCUT2D eigenvalue weighted by molar-refractivity contribution is 0.375. The van der Waals surface area contributed by atoms with E-state index in [0.29, 0.717) is 22.3 Å². The van der Waals surface area contributed by atoms with E-state index in [4.69, 9.17) is 25.8 Å². The molecule has 13 heavy (non-hydrogen) atoms. The predicted octanol–water partition coefficient (Wildman–Crippen LogP) is 2.37. The lowest BCUT2D eigenvalue weighted by Crippen LogP contribution is -1.91. The van der Waals surface area contributed by atoms with Crippen LogP contribution < -0.4 is 14.2 Å². The highest BCUT2D eigenvalue weighted by Gasteiger charge is 2.09. The Labute approximate surface area is 82.2 Å². The first kappa shape index (κ1) is 9.99. The molecule has 0 aromatic heterocycles. The summed E-state index contributed by atoms with van der Waals surface area (Å²) in [6.45, 7) is 0. The Kier molecular flexibility index (Phi) is 3.25. The van der Waals surface area contributed by atoms with Gasteiger partial charge in [0.1, 0.15) is 22.3 Å². The highest BCUT2D eigenvalue weighted by molar-refractivity contribution is 6.33. The van der Waals surface area contributed by atoms with E-state index in [1.54, 1.807) is 33.5 Å². The molecule has 0 spiro atoms. The summed E-state index contributed by atoms with van der Waals surface area (Å²) in [6, 6.07) is 3.40. The quantitative estimate of drug-likeness (QED) is 0.753. The smallest absolute Gasteiger partial charge is 0.144 e. The zero-order valence-electron chi connectivity index (χ0n) is 7.76. The molecule has 4 heteroatoms. The topological polar surface area (TPSA) is 27.7 Å². The summed E-state index contributed by atoms with van der Waals surface area (Å²) in [6.07, 6.45) is 0. The molecule has 0 aliphatic heterocycles. The average molecular weight is 203 g/mol. The zero-order chi connectivity index (χ0) is 9.84. The van der Waals surface area contributed by atoms with Crippen molar-refractivity contribution in [2.24, 2.45) is 0 Å². The molecule has 0 heterocycles. The molecule has 0 amide bonds. The van der Waals surface area contributed by atoms with Crippen molar-refractivity contribution in [1.82, 2.24) is 0 Å². The molecule has 0 bridgehead atoms. The number of hydrogen-bond donors (Lipinski definition) is 0. The third-order valence-electron chi connectivity index (χ3n) is 1.65. The van der Waals surface area contributed by atoms with Gasteiger partial charge in [0, 0.05) is 12.1 Å². The van der Waals surface area contributed by atoms with Crippen LogP contribution in [0.4, 0.5) is 0 Å². The molecule has 0 N–H and O–H groups in total. The maximum absolute atomic E-state index is 5.93. The molecule has 0 aliphatic carbocycles. The van der Waals surface area contributed by atoms with E-state index in [-0.39, 0.29) is 0 Å². The van der Waals surface area contributed by atoms with Crippen LogP contribution in [0.2, 0.25) is 5.02 Å². The van der Waals surface area contributed by atoms with Crippen LogP contribution in [0.1, 0.15) is 0 Å². The number of halogens is 1. The summed E-state index contributed by atoms with van der Waals surface area (Å²) in [7, 11) is 4.66. The molecule has 1 aromatic rings. The molecule has 1 aromatic carbocycles. The van der Waals surface area contributed by atoms with Crippen LogP contribution in [0.3, 0.4) is 0 Å². The zero-order valence-corrected chi connectivity index (χ0v) is 8.51.